The van der Waals surface area contributed by atoms with Crippen molar-refractivity contribution >= 4 is 12.4 Å². The second-order valence-electron chi connectivity index (χ2n) is 2.49. The van der Waals surface area contributed by atoms with Gasteiger partial charge in [-0.2, -0.15) is 0 Å². The molecule has 0 heterocycles. The summed E-state index contributed by atoms with van der Waals surface area (Å²) in [5, 5.41) is 9.29. The fraction of sp³-hybridized carbons (Fsp3) is 0.100. The maximum atomic E-state index is 9.29. The van der Waals surface area contributed by atoms with Crippen molar-refractivity contribution in [3.8, 4) is 11.5 Å². The van der Waals surface area contributed by atoms with Crippen LogP contribution >= 0.6 is 0 Å². The molecule has 0 aliphatic heterocycles. The molecule has 0 saturated carbocycles. The molecule has 0 radical (unpaired) electrons. The number of rotatable bonds is 3. The van der Waals surface area contributed by atoms with Crippen LogP contribution in [0.1, 0.15) is 5.56 Å². The lowest BCUT2D eigenvalue weighted by Gasteiger charge is -2.05. The van der Waals surface area contributed by atoms with E-state index in [-0.39, 0.29) is 5.75 Å². The van der Waals surface area contributed by atoms with Crippen LogP contribution in [-0.4, -0.2) is 18.9 Å². The normalized spacial score (nSPS) is 9.31. The fourth-order valence-electron chi connectivity index (χ4n) is 0.948. The van der Waals surface area contributed by atoms with Gasteiger partial charge in [-0.15, -0.1) is 0 Å². The molecule has 68 valence electrons. The molecule has 0 aromatic heterocycles. The van der Waals surface area contributed by atoms with E-state index in [4.69, 9.17) is 4.74 Å². The molecule has 3 nitrogen and oxygen atoms in total. The van der Waals surface area contributed by atoms with Crippen LogP contribution in [0.15, 0.2) is 29.8 Å². The molecule has 0 amide bonds. The highest BCUT2D eigenvalue weighted by Gasteiger charge is 2.03. The smallest absolute Gasteiger partial charge is 0.161 e. The topological polar surface area (TPSA) is 41.8 Å². The van der Waals surface area contributed by atoms with Crippen molar-refractivity contribution < 1.29 is 9.84 Å². The molecule has 13 heavy (non-hydrogen) atoms. The number of benzene rings is 1. The van der Waals surface area contributed by atoms with Crippen molar-refractivity contribution in [3.63, 3.8) is 0 Å². The monoisotopic (exact) mass is 177 g/mol. The van der Waals surface area contributed by atoms with Gasteiger partial charge in [-0.3, -0.25) is 4.99 Å². The van der Waals surface area contributed by atoms with E-state index in [0.29, 0.717) is 11.4 Å². The van der Waals surface area contributed by atoms with Crippen LogP contribution in [0.5, 0.6) is 11.5 Å². The van der Waals surface area contributed by atoms with E-state index in [0.717, 1.165) is 5.56 Å². The van der Waals surface area contributed by atoms with Crippen LogP contribution in [0.3, 0.4) is 0 Å². The zero-order valence-electron chi connectivity index (χ0n) is 7.45. The second kappa shape index (κ2) is 3.76. The number of nitrogens with zero attached hydrogens (tertiary/aromatic N) is 1. The highest BCUT2D eigenvalue weighted by molar-refractivity contribution is 5.68. The lowest BCUT2D eigenvalue weighted by molar-refractivity contribution is 0.373. The van der Waals surface area contributed by atoms with E-state index in [2.05, 4.69) is 18.3 Å². The zero-order valence-corrected chi connectivity index (χ0v) is 7.45. The Morgan fingerprint density at radius 2 is 2.23 bits per heavy atom. The Kier molecular flexibility index (Phi) is 2.69. The summed E-state index contributed by atoms with van der Waals surface area (Å²) in [6.07, 6.45) is 0. The predicted molar refractivity (Wildman–Crippen MR) is 53.2 cm³/mol. The van der Waals surface area contributed by atoms with Crippen molar-refractivity contribution in [2.45, 2.75) is 0 Å². The summed E-state index contributed by atoms with van der Waals surface area (Å²) in [7, 11) is 1.49. The zero-order chi connectivity index (χ0) is 9.84. The van der Waals surface area contributed by atoms with Crippen molar-refractivity contribution in [3.05, 3.63) is 30.3 Å². The minimum absolute atomic E-state index is 0.100. The van der Waals surface area contributed by atoms with Gasteiger partial charge >= 0.3 is 0 Å². The van der Waals surface area contributed by atoms with E-state index < -0.39 is 0 Å². The Balaban J connectivity index is 3.13. The van der Waals surface area contributed by atoms with E-state index in [1.165, 1.54) is 13.2 Å². The average molecular weight is 177 g/mol. The SMILES string of the molecule is C=NC(=C)c1ccc(O)c(OC)c1. The first-order valence-electron chi connectivity index (χ1n) is 3.72. The third kappa shape index (κ3) is 1.87. The van der Waals surface area contributed by atoms with Gasteiger partial charge in [0.2, 0.25) is 0 Å². The molecule has 0 aliphatic rings. The minimum atomic E-state index is 0.100. The highest BCUT2D eigenvalue weighted by atomic mass is 16.5. The van der Waals surface area contributed by atoms with Gasteiger partial charge < -0.3 is 9.84 Å². The quantitative estimate of drug-likeness (QED) is 0.718. The summed E-state index contributed by atoms with van der Waals surface area (Å²) in [5.41, 5.74) is 1.34. The number of hydrogen-bond donors (Lipinski definition) is 1. The fourth-order valence-corrected chi connectivity index (χ4v) is 0.948. The third-order valence-corrected chi connectivity index (χ3v) is 1.70. The summed E-state index contributed by atoms with van der Waals surface area (Å²) in [6.45, 7) is 7.04. The van der Waals surface area contributed by atoms with Gasteiger partial charge in [-0.25, -0.2) is 0 Å². The van der Waals surface area contributed by atoms with Gasteiger partial charge in [0.1, 0.15) is 0 Å². The first-order chi connectivity index (χ1) is 6.19. The lowest BCUT2D eigenvalue weighted by Crippen LogP contribution is -1.86. The van der Waals surface area contributed by atoms with Crippen LogP contribution < -0.4 is 4.74 Å². The Morgan fingerprint density at radius 1 is 1.54 bits per heavy atom. The molecule has 0 aliphatic carbocycles. The molecule has 1 N–H and O–H groups in total. The van der Waals surface area contributed by atoms with E-state index in [1.54, 1.807) is 12.1 Å². The lowest BCUT2D eigenvalue weighted by atomic mass is 10.1. The molecule has 3 heteroatoms. The van der Waals surface area contributed by atoms with E-state index >= 15 is 0 Å². The number of hydrogen-bond acceptors (Lipinski definition) is 3. The van der Waals surface area contributed by atoms with Gasteiger partial charge in [0, 0.05) is 5.56 Å². The number of aliphatic imine (C=N–C) groups is 1. The molecular formula is C10H11NO2. The number of ether oxygens (including phenoxy) is 1. The summed E-state index contributed by atoms with van der Waals surface area (Å²) >= 11 is 0. The first kappa shape index (κ1) is 9.32. The molecule has 0 fully saturated rings. The van der Waals surface area contributed by atoms with Crippen LogP contribution in [0, 0.1) is 0 Å². The minimum Gasteiger partial charge on any atom is -0.504 e. The van der Waals surface area contributed by atoms with Crippen LogP contribution in [-0.2, 0) is 0 Å². The summed E-state index contributed by atoms with van der Waals surface area (Å²) < 4.78 is 4.93. The standard InChI is InChI=1S/C10H11NO2/c1-7(11-2)8-4-5-9(12)10(6-8)13-3/h4-6,12H,1-2H2,3H3. The van der Waals surface area contributed by atoms with E-state index in [9.17, 15) is 5.11 Å². The Labute approximate surface area is 77.0 Å². The summed E-state index contributed by atoms with van der Waals surface area (Å²) in [5.74, 6) is 0.505. The van der Waals surface area contributed by atoms with Crippen LogP contribution in [0.25, 0.3) is 5.70 Å². The van der Waals surface area contributed by atoms with Gasteiger partial charge in [0.25, 0.3) is 0 Å². The van der Waals surface area contributed by atoms with Crippen molar-refractivity contribution in [1.82, 2.24) is 0 Å². The molecular weight excluding hydrogens is 166 g/mol. The van der Waals surface area contributed by atoms with E-state index in [1.807, 2.05) is 0 Å². The molecule has 0 spiro atoms. The molecule has 1 rings (SSSR count). The predicted octanol–water partition coefficient (Wildman–Crippen LogP) is 2.07. The third-order valence-electron chi connectivity index (χ3n) is 1.70. The van der Waals surface area contributed by atoms with Crippen molar-refractivity contribution in [2.24, 2.45) is 4.99 Å². The maximum Gasteiger partial charge on any atom is 0.161 e. The van der Waals surface area contributed by atoms with Crippen molar-refractivity contribution in [2.75, 3.05) is 7.11 Å². The van der Waals surface area contributed by atoms with Crippen molar-refractivity contribution in [1.29, 1.82) is 0 Å². The summed E-state index contributed by atoms with van der Waals surface area (Å²) in [6, 6.07) is 4.89. The van der Waals surface area contributed by atoms with Gasteiger partial charge in [0.05, 0.1) is 12.8 Å². The molecule has 0 unspecified atom stereocenters. The van der Waals surface area contributed by atoms with Crippen LogP contribution in [0.4, 0.5) is 0 Å². The molecule has 0 saturated heterocycles. The number of phenols is 1. The Bertz CT molecular complexity index is 345. The number of methoxy groups -OCH3 is 1. The second-order valence-corrected chi connectivity index (χ2v) is 2.49. The molecule has 0 atom stereocenters. The number of phenolic OH excluding ortho intramolecular Hbond substituents is 1. The maximum absolute atomic E-state index is 9.29. The Morgan fingerprint density at radius 3 is 2.77 bits per heavy atom. The molecule has 0 bridgehead atoms. The average Bonchev–Trinajstić information content (AvgIpc) is 2.17. The summed E-state index contributed by atoms with van der Waals surface area (Å²) in [4.78, 5) is 3.68. The molecule has 1 aromatic carbocycles. The van der Waals surface area contributed by atoms with Gasteiger partial charge in [-0.1, -0.05) is 6.58 Å². The van der Waals surface area contributed by atoms with Crippen LogP contribution in [0.2, 0.25) is 0 Å². The number of aromatic hydroxyl groups is 1. The molecule has 1 aromatic rings. The first-order valence-corrected chi connectivity index (χ1v) is 3.72. The Hall–Kier alpha value is -1.77. The highest BCUT2D eigenvalue weighted by Crippen LogP contribution is 2.28. The van der Waals surface area contributed by atoms with Gasteiger partial charge in [0.15, 0.2) is 11.5 Å². The largest absolute Gasteiger partial charge is 0.504 e. The van der Waals surface area contributed by atoms with Gasteiger partial charge in [-0.05, 0) is 24.9 Å².